The molecule has 0 amide bonds. The summed E-state index contributed by atoms with van der Waals surface area (Å²) in [6.07, 6.45) is 8.00. The van der Waals surface area contributed by atoms with E-state index >= 15 is 0 Å². The van der Waals surface area contributed by atoms with Gasteiger partial charge in [-0.05, 0) is 65.4 Å². The molecule has 4 nitrogen and oxygen atoms in total. The molecule has 0 aliphatic carbocycles. The van der Waals surface area contributed by atoms with Gasteiger partial charge in [-0.25, -0.2) is 4.98 Å². The SMILES string of the molecule is C=CC1=NC(=C)CC2N=C(C=C)c3ccccc3C2CCc2cc3oc4nccc(-c5ccccc5)c4c3cc21. The van der Waals surface area contributed by atoms with Gasteiger partial charge < -0.3 is 4.42 Å². The summed E-state index contributed by atoms with van der Waals surface area (Å²) in [4.78, 5) is 14.7. The standard InChI is InChI=1S/C36H29N3O/c1-4-31-27-14-10-9-13-26(27)28-16-15-24-20-34-30(21-29(24)32(5-2)38-22(3)19-33(28)39-31)35-25(17-18-37-36(35)40-34)23-11-7-6-8-12-23/h4-14,17-18,20-21,28,33H,1-3,15-16,19H2. The van der Waals surface area contributed by atoms with Crippen LogP contribution in [-0.2, 0) is 6.42 Å². The van der Waals surface area contributed by atoms with E-state index in [0.29, 0.717) is 12.1 Å². The van der Waals surface area contributed by atoms with E-state index in [0.717, 1.165) is 63.0 Å². The van der Waals surface area contributed by atoms with Gasteiger partial charge >= 0.3 is 0 Å². The first-order valence-electron chi connectivity index (χ1n) is 13.7. The zero-order chi connectivity index (χ0) is 27.2. The fourth-order valence-electron chi connectivity index (χ4n) is 6.37. The van der Waals surface area contributed by atoms with Crippen LogP contribution in [0.2, 0.25) is 0 Å². The Kier molecular flexibility index (Phi) is 5.89. The molecule has 3 aromatic carbocycles. The van der Waals surface area contributed by atoms with Crippen molar-refractivity contribution in [1.82, 2.24) is 4.98 Å². The molecular formula is C36H29N3O. The van der Waals surface area contributed by atoms with Crippen LogP contribution in [0.3, 0.4) is 0 Å². The number of hydrogen-bond acceptors (Lipinski definition) is 4. The van der Waals surface area contributed by atoms with Gasteiger partial charge in [0.25, 0.3) is 0 Å². The maximum Gasteiger partial charge on any atom is 0.227 e. The van der Waals surface area contributed by atoms with Crippen molar-refractivity contribution in [2.45, 2.75) is 31.2 Å². The van der Waals surface area contributed by atoms with Gasteiger partial charge in [-0.1, -0.05) is 74.3 Å². The number of benzene rings is 3. The van der Waals surface area contributed by atoms with Gasteiger partial charge in [0.15, 0.2) is 0 Å². The molecule has 2 aliphatic rings. The van der Waals surface area contributed by atoms with Gasteiger partial charge in [-0.3, -0.25) is 9.98 Å². The molecular weight excluding hydrogens is 490 g/mol. The Labute approximate surface area is 233 Å². The minimum Gasteiger partial charge on any atom is -0.438 e. The van der Waals surface area contributed by atoms with Crippen molar-refractivity contribution in [3.05, 3.63) is 139 Å². The smallest absolute Gasteiger partial charge is 0.227 e. The molecule has 0 spiro atoms. The molecule has 0 fully saturated rings. The van der Waals surface area contributed by atoms with E-state index in [1.165, 1.54) is 16.7 Å². The van der Waals surface area contributed by atoms with Crippen LogP contribution in [0.1, 0.15) is 41.0 Å². The van der Waals surface area contributed by atoms with Crippen molar-refractivity contribution in [2.75, 3.05) is 0 Å². The van der Waals surface area contributed by atoms with Gasteiger partial charge in [-0.2, -0.15) is 0 Å². The lowest BCUT2D eigenvalue weighted by molar-refractivity contribution is 0.490. The maximum absolute atomic E-state index is 6.36. The molecule has 40 heavy (non-hydrogen) atoms. The number of aliphatic imine (C=N–C) groups is 2. The maximum atomic E-state index is 6.36. The lowest BCUT2D eigenvalue weighted by Gasteiger charge is -2.32. The Morgan fingerprint density at radius 2 is 1.65 bits per heavy atom. The van der Waals surface area contributed by atoms with E-state index in [4.69, 9.17) is 14.4 Å². The summed E-state index contributed by atoms with van der Waals surface area (Å²) < 4.78 is 6.36. The molecule has 0 bridgehead atoms. The average molecular weight is 520 g/mol. The van der Waals surface area contributed by atoms with Crippen LogP contribution < -0.4 is 0 Å². The Hall–Kier alpha value is -4.83. The summed E-state index contributed by atoms with van der Waals surface area (Å²) in [6.45, 7) is 12.5. The van der Waals surface area contributed by atoms with E-state index in [2.05, 4.69) is 91.5 Å². The second-order valence-corrected chi connectivity index (χ2v) is 10.5. The molecule has 7 rings (SSSR count). The normalized spacial score (nSPS) is 18.8. The van der Waals surface area contributed by atoms with Crippen LogP contribution in [0.15, 0.2) is 131 Å². The first kappa shape index (κ1) is 24.2. The molecule has 0 saturated carbocycles. The van der Waals surface area contributed by atoms with Crippen molar-refractivity contribution in [2.24, 2.45) is 9.98 Å². The van der Waals surface area contributed by atoms with Gasteiger partial charge in [0.05, 0.1) is 22.9 Å². The minimum atomic E-state index is 0.0549. The second kappa shape index (κ2) is 9.73. The third-order valence-electron chi connectivity index (χ3n) is 8.20. The molecule has 2 atom stereocenters. The third-order valence-corrected chi connectivity index (χ3v) is 8.20. The lowest BCUT2D eigenvalue weighted by Crippen LogP contribution is -2.27. The number of hydrogen-bond donors (Lipinski definition) is 0. The largest absolute Gasteiger partial charge is 0.438 e. The quantitative estimate of drug-likeness (QED) is 0.240. The zero-order valence-electron chi connectivity index (χ0n) is 22.3. The monoisotopic (exact) mass is 519 g/mol. The molecule has 0 saturated heterocycles. The van der Waals surface area contributed by atoms with Crippen LogP contribution in [0.5, 0.6) is 0 Å². The molecule has 0 radical (unpaired) electrons. The third kappa shape index (κ3) is 3.95. The van der Waals surface area contributed by atoms with Gasteiger partial charge in [-0.15, -0.1) is 0 Å². The second-order valence-electron chi connectivity index (χ2n) is 10.5. The summed E-state index contributed by atoms with van der Waals surface area (Å²) >= 11 is 0. The van der Waals surface area contributed by atoms with Gasteiger partial charge in [0, 0.05) is 40.7 Å². The molecule has 194 valence electrons. The number of pyridine rings is 1. The molecule has 4 heterocycles. The van der Waals surface area contributed by atoms with E-state index in [9.17, 15) is 0 Å². The molecule has 2 unspecified atom stereocenters. The van der Waals surface area contributed by atoms with E-state index in [-0.39, 0.29) is 12.0 Å². The topological polar surface area (TPSA) is 50.8 Å². The van der Waals surface area contributed by atoms with Crippen LogP contribution in [0.25, 0.3) is 33.2 Å². The average Bonchev–Trinajstić information content (AvgIpc) is 3.36. The van der Waals surface area contributed by atoms with Crippen LogP contribution >= 0.6 is 0 Å². The number of furan rings is 1. The lowest BCUT2D eigenvalue weighted by atomic mass is 9.78. The van der Waals surface area contributed by atoms with Crippen molar-refractivity contribution in [3.8, 4) is 11.1 Å². The van der Waals surface area contributed by atoms with Crippen molar-refractivity contribution in [3.63, 3.8) is 0 Å². The fraction of sp³-hybridized carbons (Fsp3) is 0.139. The first-order chi connectivity index (χ1) is 19.6. The van der Waals surface area contributed by atoms with Crippen LogP contribution in [0.4, 0.5) is 0 Å². The molecule has 2 aromatic heterocycles. The fourth-order valence-corrected chi connectivity index (χ4v) is 6.37. The van der Waals surface area contributed by atoms with Crippen LogP contribution in [0, 0.1) is 0 Å². The van der Waals surface area contributed by atoms with E-state index < -0.39 is 0 Å². The zero-order valence-corrected chi connectivity index (χ0v) is 22.3. The van der Waals surface area contributed by atoms with Gasteiger partial charge in [0.2, 0.25) is 5.71 Å². The number of fused-ring (bicyclic) bond motifs is 7. The molecule has 4 heteroatoms. The number of allylic oxidation sites excluding steroid dienone is 2. The van der Waals surface area contributed by atoms with Gasteiger partial charge in [0.1, 0.15) is 5.58 Å². The number of aromatic nitrogens is 1. The summed E-state index contributed by atoms with van der Waals surface area (Å²) in [5.74, 6) is 0.253. The Morgan fingerprint density at radius 1 is 0.850 bits per heavy atom. The molecule has 5 aromatic rings. The first-order valence-corrected chi connectivity index (χ1v) is 13.7. The molecule has 0 N–H and O–H groups in total. The van der Waals surface area contributed by atoms with Crippen molar-refractivity contribution >= 4 is 33.5 Å². The van der Waals surface area contributed by atoms with Crippen molar-refractivity contribution in [1.29, 1.82) is 0 Å². The Bertz CT molecular complexity index is 1890. The van der Waals surface area contributed by atoms with E-state index in [1.54, 1.807) is 0 Å². The highest BCUT2D eigenvalue weighted by molar-refractivity contribution is 6.16. The Morgan fingerprint density at radius 3 is 2.48 bits per heavy atom. The van der Waals surface area contributed by atoms with Crippen LogP contribution in [-0.4, -0.2) is 22.4 Å². The van der Waals surface area contributed by atoms with Crippen molar-refractivity contribution < 1.29 is 4.42 Å². The molecule has 2 aliphatic heterocycles. The highest BCUT2D eigenvalue weighted by Crippen LogP contribution is 2.41. The van der Waals surface area contributed by atoms with E-state index in [1.807, 2.05) is 24.4 Å². The number of nitrogens with zero attached hydrogens (tertiary/aromatic N) is 3. The highest BCUT2D eigenvalue weighted by Gasteiger charge is 2.31. The summed E-state index contributed by atoms with van der Waals surface area (Å²) in [7, 11) is 0. The number of aryl methyl sites for hydroxylation is 1. The number of rotatable bonds is 3. The summed E-state index contributed by atoms with van der Waals surface area (Å²) in [5, 5.41) is 2.04. The predicted molar refractivity (Wildman–Crippen MR) is 165 cm³/mol. The summed E-state index contributed by atoms with van der Waals surface area (Å²) in [6, 6.07) is 25.4. The highest BCUT2D eigenvalue weighted by atomic mass is 16.3. The summed E-state index contributed by atoms with van der Waals surface area (Å²) in [5.41, 5.74) is 11.0. The predicted octanol–water partition coefficient (Wildman–Crippen LogP) is 8.61. The minimum absolute atomic E-state index is 0.0549. The Balaban J connectivity index is 1.41.